The lowest BCUT2D eigenvalue weighted by atomic mass is 10.2. The third-order valence-corrected chi connectivity index (χ3v) is 0.940. The normalized spacial score (nSPS) is 7.90. The van der Waals surface area contributed by atoms with Crippen LogP contribution in [0.2, 0.25) is 0 Å². The third kappa shape index (κ3) is 5.36. The van der Waals surface area contributed by atoms with Crippen LogP contribution < -0.4 is 0 Å². The minimum atomic E-state index is 1.25. The van der Waals surface area contributed by atoms with Crippen molar-refractivity contribution in [2.45, 2.75) is 27.2 Å². The van der Waals surface area contributed by atoms with Crippen molar-refractivity contribution in [2.24, 2.45) is 0 Å². The first-order valence-corrected chi connectivity index (χ1v) is 3.82. The van der Waals surface area contributed by atoms with Crippen molar-refractivity contribution in [1.82, 2.24) is 0 Å². The minimum Gasteiger partial charge on any atom is -0.0656 e. The number of aryl methyl sites for hydroxylation is 1. The summed E-state index contributed by atoms with van der Waals surface area (Å²) in [5, 5.41) is 0. The molecule has 56 valence electrons. The van der Waals surface area contributed by atoms with Gasteiger partial charge in [-0.25, -0.2) is 0 Å². The van der Waals surface area contributed by atoms with Gasteiger partial charge in [0.1, 0.15) is 0 Å². The average Bonchev–Trinajstić information content (AvgIpc) is 1.91. The second kappa shape index (κ2) is 6.34. The average molecular weight is 136 g/mol. The molecule has 0 bridgehead atoms. The monoisotopic (exact) mass is 136 g/mol. The Labute approximate surface area is 63.9 Å². The predicted molar refractivity (Wildman–Crippen MR) is 47.1 cm³/mol. The maximum Gasteiger partial charge on any atom is -0.0398 e. The summed E-state index contributed by atoms with van der Waals surface area (Å²) in [6.07, 6.45) is 1.25. The maximum atomic E-state index is 2.12. The molecule has 0 aliphatic rings. The van der Waals surface area contributed by atoms with Gasteiger partial charge in [-0.1, -0.05) is 56.2 Å². The van der Waals surface area contributed by atoms with E-state index >= 15 is 0 Å². The lowest BCUT2D eigenvalue weighted by Crippen LogP contribution is -1.62. The van der Waals surface area contributed by atoms with Crippen LogP contribution in [0.3, 0.4) is 0 Å². The number of hydrogen-bond acceptors (Lipinski definition) is 0. The summed E-state index contributed by atoms with van der Waals surface area (Å²) in [6, 6.07) is 10.3. The van der Waals surface area contributed by atoms with Crippen LogP contribution in [0.4, 0.5) is 0 Å². The third-order valence-electron chi connectivity index (χ3n) is 0.940. The Hall–Kier alpha value is -0.780. The summed E-state index contributed by atoms with van der Waals surface area (Å²) in [5.74, 6) is 0. The summed E-state index contributed by atoms with van der Waals surface area (Å²) in [4.78, 5) is 0. The van der Waals surface area contributed by atoms with E-state index < -0.39 is 0 Å². The SMILES string of the molecule is CCC.Cc1ccccc1. The molecule has 0 nitrogen and oxygen atoms in total. The van der Waals surface area contributed by atoms with E-state index in [0.717, 1.165) is 0 Å². The highest BCUT2D eigenvalue weighted by atomic mass is 13.8. The quantitative estimate of drug-likeness (QED) is 0.512. The van der Waals surface area contributed by atoms with Gasteiger partial charge in [-0.15, -0.1) is 0 Å². The maximum absolute atomic E-state index is 2.12. The molecule has 0 aliphatic carbocycles. The van der Waals surface area contributed by atoms with Crippen molar-refractivity contribution >= 4 is 0 Å². The highest BCUT2D eigenvalue weighted by Gasteiger charge is 1.72. The van der Waals surface area contributed by atoms with Gasteiger partial charge in [0.2, 0.25) is 0 Å². The Morgan fingerprint density at radius 1 is 1.00 bits per heavy atom. The van der Waals surface area contributed by atoms with Crippen LogP contribution in [-0.4, -0.2) is 0 Å². The second-order valence-corrected chi connectivity index (χ2v) is 2.36. The van der Waals surface area contributed by atoms with E-state index in [4.69, 9.17) is 0 Å². The molecule has 0 saturated carbocycles. The lowest BCUT2D eigenvalue weighted by molar-refractivity contribution is 1.09. The van der Waals surface area contributed by atoms with E-state index in [1.807, 2.05) is 18.2 Å². The van der Waals surface area contributed by atoms with Gasteiger partial charge in [-0.3, -0.25) is 0 Å². The van der Waals surface area contributed by atoms with Crippen LogP contribution in [0.5, 0.6) is 0 Å². The number of rotatable bonds is 0. The van der Waals surface area contributed by atoms with Crippen LogP contribution in [0.1, 0.15) is 25.8 Å². The summed E-state index contributed by atoms with van der Waals surface area (Å²) in [7, 11) is 0. The van der Waals surface area contributed by atoms with E-state index in [-0.39, 0.29) is 0 Å². The van der Waals surface area contributed by atoms with E-state index in [2.05, 4.69) is 32.9 Å². The zero-order valence-electron chi connectivity index (χ0n) is 7.09. The molecule has 0 amide bonds. The van der Waals surface area contributed by atoms with Gasteiger partial charge < -0.3 is 0 Å². The van der Waals surface area contributed by atoms with Gasteiger partial charge in [-0.05, 0) is 6.92 Å². The molecule has 0 atom stereocenters. The van der Waals surface area contributed by atoms with Crippen molar-refractivity contribution in [3.63, 3.8) is 0 Å². The van der Waals surface area contributed by atoms with Crippen LogP contribution in [0, 0.1) is 6.92 Å². The molecule has 1 aromatic rings. The minimum absolute atomic E-state index is 1.25. The molecular formula is C10H16. The highest BCUT2D eigenvalue weighted by Crippen LogP contribution is 1.92. The molecular weight excluding hydrogens is 120 g/mol. The summed E-state index contributed by atoms with van der Waals surface area (Å²) in [6.45, 7) is 6.33. The fourth-order valence-electron chi connectivity index (χ4n) is 0.534. The molecule has 0 aliphatic heterocycles. The topological polar surface area (TPSA) is 0 Å². The Morgan fingerprint density at radius 3 is 1.60 bits per heavy atom. The van der Waals surface area contributed by atoms with Gasteiger partial charge in [0, 0.05) is 0 Å². The van der Waals surface area contributed by atoms with Crippen LogP contribution in [0.25, 0.3) is 0 Å². The first-order chi connectivity index (χ1) is 4.81. The molecule has 0 N–H and O–H groups in total. The zero-order valence-corrected chi connectivity index (χ0v) is 7.09. The molecule has 1 rings (SSSR count). The second-order valence-electron chi connectivity index (χ2n) is 2.36. The fourth-order valence-corrected chi connectivity index (χ4v) is 0.534. The Bertz CT molecular complexity index is 141. The Balaban J connectivity index is 0.000000236. The fraction of sp³-hybridized carbons (Fsp3) is 0.400. The van der Waals surface area contributed by atoms with E-state index in [1.165, 1.54) is 12.0 Å². The van der Waals surface area contributed by atoms with Crippen LogP contribution in [0.15, 0.2) is 30.3 Å². The van der Waals surface area contributed by atoms with Crippen molar-refractivity contribution in [3.05, 3.63) is 35.9 Å². The molecule has 0 spiro atoms. The molecule has 10 heavy (non-hydrogen) atoms. The van der Waals surface area contributed by atoms with Gasteiger partial charge in [0.25, 0.3) is 0 Å². The van der Waals surface area contributed by atoms with E-state index in [0.29, 0.717) is 0 Å². The lowest BCUT2D eigenvalue weighted by Gasteiger charge is -1.82. The van der Waals surface area contributed by atoms with Crippen molar-refractivity contribution in [3.8, 4) is 0 Å². The van der Waals surface area contributed by atoms with Gasteiger partial charge >= 0.3 is 0 Å². The highest BCUT2D eigenvalue weighted by molar-refractivity contribution is 5.11. The molecule has 0 heterocycles. The standard InChI is InChI=1S/C7H8.C3H8/c1-7-5-3-2-4-6-7;1-3-2/h2-6H,1H3;3H2,1-2H3. The largest absolute Gasteiger partial charge is 0.0656 e. The van der Waals surface area contributed by atoms with E-state index in [1.54, 1.807) is 0 Å². The first kappa shape index (κ1) is 9.22. The van der Waals surface area contributed by atoms with Gasteiger partial charge in [-0.2, -0.15) is 0 Å². The van der Waals surface area contributed by atoms with Crippen molar-refractivity contribution < 1.29 is 0 Å². The smallest absolute Gasteiger partial charge is 0.0398 e. The summed E-state index contributed by atoms with van der Waals surface area (Å²) >= 11 is 0. The number of hydrogen-bond donors (Lipinski definition) is 0. The zero-order chi connectivity index (χ0) is 7.82. The molecule has 0 unspecified atom stereocenters. The molecule has 0 radical (unpaired) electrons. The number of benzene rings is 1. The molecule has 0 aromatic heterocycles. The van der Waals surface area contributed by atoms with E-state index in [9.17, 15) is 0 Å². The Morgan fingerprint density at radius 2 is 1.40 bits per heavy atom. The van der Waals surface area contributed by atoms with Gasteiger partial charge in [0.05, 0.1) is 0 Å². The van der Waals surface area contributed by atoms with Gasteiger partial charge in [0.15, 0.2) is 0 Å². The summed E-state index contributed by atoms with van der Waals surface area (Å²) < 4.78 is 0. The van der Waals surface area contributed by atoms with Crippen molar-refractivity contribution in [2.75, 3.05) is 0 Å². The van der Waals surface area contributed by atoms with Crippen LogP contribution >= 0.6 is 0 Å². The molecule has 1 aromatic carbocycles. The Kier molecular flexibility index (Phi) is 5.85. The summed E-state index contributed by atoms with van der Waals surface area (Å²) in [5.41, 5.74) is 1.32. The first-order valence-electron chi connectivity index (χ1n) is 3.82. The van der Waals surface area contributed by atoms with Crippen molar-refractivity contribution in [1.29, 1.82) is 0 Å². The van der Waals surface area contributed by atoms with Crippen LogP contribution in [-0.2, 0) is 0 Å². The molecule has 0 fully saturated rings. The predicted octanol–water partition coefficient (Wildman–Crippen LogP) is 3.41. The molecule has 0 heteroatoms. The molecule has 0 saturated heterocycles.